The van der Waals surface area contributed by atoms with Gasteiger partial charge in [-0.15, -0.1) is 0 Å². The molecular formula is C13H13Br2N3O2. The number of nitrogens with zero attached hydrogens (tertiary/aromatic N) is 2. The van der Waals surface area contributed by atoms with Crippen molar-refractivity contribution in [2.75, 3.05) is 7.11 Å². The molecule has 5 nitrogen and oxygen atoms in total. The molecule has 7 heteroatoms. The molecule has 0 spiro atoms. The Labute approximate surface area is 133 Å². The molecule has 0 amide bonds. The third kappa shape index (κ3) is 3.47. The second-order valence-electron chi connectivity index (χ2n) is 4.01. The van der Waals surface area contributed by atoms with Crippen molar-refractivity contribution in [2.45, 2.75) is 13.5 Å². The lowest BCUT2D eigenvalue weighted by molar-refractivity contribution is 0.406. The van der Waals surface area contributed by atoms with Crippen molar-refractivity contribution in [3.05, 3.63) is 38.5 Å². The summed E-state index contributed by atoms with van der Waals surface area (Å²) in [6, 6.07) is 5.69. The molecule has 0 saturated heterocycles. The SMILES string of the molecule is COc1cc(Br)c(Oc2nc(C)cc(CN)n2)cc1Br. The Balaban J connectivity index is 2.35. The predicted octanol–water partition coefficient (Wildman–Crippen LogP) is 3.57. The molecule has 106 valence electrons. The summed E-state index contributed by atoms with van der Waals surface area (Å²) in [5.41, 5.74) is 7.13. The largest absolute Gasteiger partial charge is 0.496 e. The van der Waals surface area contributed by atoms with Gasteiger partial charge < -0.3 is 15.2 Å². The van der Waals surface area contributed by atoms with E-state index in [1.807, 2.05) is 13.0 Å². The predicted molar refractivity (Wildman–Crippen MR) is 83.1 cm³/mol. The van der Waals surface area contributed by atoms with Gasteiger partial charge in [0.15, 0.2) is 0 Å². The summed E-state index contributed by atoms with van der Waals surface area (Å²) in [7, 11) is 1.60. The normalized spacial score (nSPS) is 10.4. The molecule has 1 aromatic carbocycles. The Morgan fingerprint density at radius 1 is 1.10 bits per heavy atom. The van der Waals surface area contributed by atoms with Gasteiger partial charge in [0.05, 0.1) is 21.7 Å². The van der Waals surface area contributed by atoms with E-state index in [1.165, 1.54) is 0 Å². The van der Waals surface area contributed by atoms with E-state index in [0.717, 1.165) is 20.3 Å². The van der Waals surface area contributed by atoms with Crippen LogP contribution in [-0.4, -0.2) is 17.1 Å². The number of methoxy groups -OCH3 is 1. The number of halogens is 2. The zero-order valence-electron chi connectivity index (χ0n) is 11.0. The fourth-order valence-electron chi connectivity index (χ4n) is 1.60. The number of ether oxygens (including phenoxy) is 2. The molecule has 0 atom stereocenters. The van der Waals surface area contributed by atoms with Gasteiger partial charge in [0.1, 0.15) is 11.5 Å². The van der Waals surface area contributed by atoms with Gasteiger partial charge in [0.2, 0.25) is 0 Å². The minimum Gasteiger partial charge on any atom is -0.496 e. The van der Waals surface area contributed by atoms with E-state index in [1.54, 1.807) is 19.2 Å². The van der Waals surface area contributed by atoms with Gasteiger partial charge in [-0.05, 0) is 50.9 Å². The van der Waals surface area contributed by atoms with E-state index >= 15 is 0 Å². The summed E-state index contributed by atoms with van der Waals surface area (Å²) in [5.74, 6) is 1.29. The number of hydrogen-bond acceptors (Lipinski definition) is 5. The van der Waals surface area contributed by atoms with Crippen molar-refractivity contribution >= 4 is 31.9 Å². The molecule has 0 saturated carbocycles. The van der Waals surface area contributed by atoms with Crippen molar-refractivity contribution in [2.24, 2.45) is 5.73 Å². The van der Waals surface area contributed by atoms with Crippen LogP contribution < -0.4 is 15.2 Å². The lowest BCUT2D eigenvalue weighted by atomic mass is 10.3. The van der Waals surface area contributed by atoms with Crippen LogP contribution in [0.5, 0.6) is 17.5 Å². The third-order valence-corrected chi connectivity index (χ3v) is 3.74. The standard InChI is InChI=1S/C13H13Br2N3O2/c1-7-3-8(6-16)18-13(17-7)20-12-5-9(14)11(19-2)4-10(12)15/h3-5H,6,16H2,1-2H3. The molecule has 0 aliphatic carbocycles. The number of benzene rings is 1. The number of nitrogens with two attached hydrogens (primary N) is 1. The van der Waals surface area contributed by atoms with Gasteiger partial charge in [0, 0.05) is 18.3 Å². The monoisotopic (exact) mass is 401 g/mol. The molecule has 0 bridgehead atoms. The first kappa shape index (κ1) is 15.2. The van der Waals surface area contributed by atoms with Gasteiger partial charge >= 0.3 is 6.01 Å². The Hall–Kier alpha value is -1.18. The first-order valence-electron chi connectivity index (χ1n) is 5.79. The second kappa shape index (κ2) is 6.51. The van der Waals surface area contributed by atoms with Crippen molar-refractivity contribution < 1.29 is 9.47 Å². The summed E-state index contributed by atoms with van der Waals surface area (Å²) >= 11 is 6.84. The van der Waals surface area contributed by atoms with Crippen LogP contribution in [-0.2, 0) is 6.54 Å². The number of rotatable bonds is 4. The van der Waals surface area contributed by atoms with E-state index in [4.69, 9.17) is 15.2 Å². The minimum atomic E-state index is 0.267. The summed E-state index contributed by atoms with van der Waals surface area (Å²) in [6.07, 6.45) is 0. The molecule has 1 heterocycles. The molecule has 0 aliphatic rings. The maximum atomic E-state index is 5.70. The highest BCUT2D eigenvalue weighted by atomic mass is 79.9. The van der Waals surface area contributed by atoms with Crippen LogP contribution in [0, 0.1) is 6.92 Å². The Kier molecular flexibility index (Phi) is 4.95. The van der Waals surface area contributed by atoms with Crippen LogP contribution in [0.15, 0.2) is 27.1 Å². The zero-order valence-corrected chi connectivity index (χ0v) is 14.2. The van der Waals surface area contributed by atoms with Gasteiger partial charge in [0.25, 0.3) is 0 Å². The Morgan fingerprint density at radius 3 is 2.40 bits per heavy atom. The minimum absolute atomic E-state index is 0.267. The van der Waals surface area contributed by atoms with Crippen LogP contribution in [0.2, 0.25) is 0 Å². The average Bonchev–Trinajstić information content (AvgIpc) is 2.41. The quantitative estimate of drug-likeness (QED) is 0.846. The molecule has 1 aromatic heterocycles. The molecule has 0 unspecified atom stereocenters. The van der Waals surface area contributed by atoms with E-state index in [2.05, 4.69) is 41.8 Å². The van der Waals surface area contributed by atoms with Crippen molar-refractivity contribution in [1.29, 1.82) is 0 Å². The van der Waals surface area contributed by atoms with Gasteiger partial charge in [-0.2, -0.15) is 4.98 Å². The lowest BCUT2D eigenvalue weighted by Crippen LogP contribution is -2.03. The van der Waals surface area contributed by atoms with Crippen LogP contribution >= 0.6 is 31.9 Å². The van der Waals surface area contributed by atoms with Crippen molar-refractivity contribution in [3.8, 4) is 17.5 Å². The van der Waals surface area contributed by atoms with Crippen LogP contribution in [0.1, 0.15) is 11.4 Å². The molecule has 0 fully saturated rings. The van der Waals surface area contributed by atoms with E-state index in [9.17, 15) is 0 Å². The highest BCUT2D eigenvalue weighted by Crippen LogP contribution is 2.37. The smallest absolute Gasteiger partial charge is 0.322 e. The summed E-state index contributed by atoms with van der Waals surface area (Å²) in [6.45, 7) is 2.21. The number of aryl methyl sites for hydroxylation is 1. The van der Waals surface area contributed by atoms with Gasteiger partial charge in [-0.25, -0.2) is 4.98 Å². The molecule has 2 rings (SSSR count). The van der Waals surface area contributed by atoms with Crippen LogP contribution in [0.3, 0.4) is 0 Å². The van der Waals surface area contributed by atoms with Crippen molar-refractivity contribution in [1.82, 2.24) is 9.97 Å². The fraction of sp³-hybridized carbons (Fsp3) is 0.231. The molecule has 20 heavy (non-hydrogen) atoms. The first-order chi connectivity index (χ1) is 9.53. The molecule has 2 aromatic rings. The molecule has 0 aliphatic heterocycles. The molecule has 0 radical (unpaired) electrons. The van der Waals surface area contributed by atoms with E-state index in [0.29, 0.717) is 18.0 Å². The highest BCUT2D eigenvalue weighted by Gasteiger charge is 2.11. The number of hydrogen-bond donors (Lipinski definition) is 1. The topological polar surface area (TPSA) is 70.3 Å². The first-order valence-corrected chi connectivity index (χ1v) is 7.37. The number of aromatic nitrogens is 2. The zero-order chi connectivity index (χ0) is 14.7. The summed E-state index contributed by atoms with van der Waals surface area (Å²) in [4.78, 5) is 8.47. The maximum absolute atomic E-state index is 5.70. The van der Waals surface area contributed by atoms with Gasteiger partial charge in [-0.3, -0.25) is 0 Å². The second-order valence-corrected chi connectivity index (χ2v) is 5.72. The van der Waals surface area contributed by atoms with E-state index in [-0.39, 0.29) is 6.01 Å². The lowest BCUT2D eigenvalue weighted by Gasteiger charge is -2.10. The molecule has 2 N–H and O–H groups in total. The Morgan fingerprint density at radius 2 is 1.75 bits per heavy atom. The van der Waals surface area contributed by atoms with Gasteiger partial charge in [-0.1, -0.05) is 0 Å². The van der Waals surface area contributed by atoms with E-state index < -0.39 is 0 Å². The average molecular weight is 403 g/mol. The highest BCUT2D eigenvalue weighted by molar-refractivity contribution is 9.11. The molecular weight excluding hydrogens is 390 g/mol. The van der Waals surface area contributed by atoms with Crippen LogP contribution in [0.4, 0.5) is 0 Å². The van der Waals surface area contributed by atoms with Crippen LogP contribution in [0.25, 0.3) is 0 Å². The Bertz CT molecular complexity index is 635. The summed E-state index contributed by atoms with van der Waals surface area (Å²) < 4.78 is 12.4. The van der Waals surface area contributed by atoms with Crippen molar-refractivity contribution in [3.63, 3.8) is 0 Å². The maximum Gasteiger partial charge on any atom is 0.322 e. The fourth-order valence-corrected chi connectivity index (χ4v) is 2.49. The third-order valence-electron chi connectivity index (χ3n) is 2.50. The summed E-state index contributed by atoms with van der Waals surface area (Å²) in [5, 5.41) is 0.